The molecule has 0 aromatic rings. The molecule has 0 saturated carbocycles. The second-order valence-corrected chi connectivity index (χ2v) is 4.22. The Balaban J connectivity index is 2.54. The summed E-state index contributed by atoms with van der Waals surface area (Å²) in [6.07, 6.45) is 0.824. The Bertz CT molecular complexity index is 332. The van der Waals surface area contributed by atoms with Gasteiger partial charge in [0.2, 0.25) is 17.7 Å². The van der Waals surface area contributed by atoms with Gasteiger partial charge in [0.05, 0.1) is 12.6 Å². The van der Waals surface area contributed by atoms with E-state index in [1.165, 1.54) is 0 Å². The first-order valence-electron chi connectivity index (χ1n) is 5.54. The van der Waals surface area contributed by atoms with E-state index in [-0.39, 0.29) is 42.8 Å². The summed E-state index contributed by atoms with van der Waals surface area (Å²) in [7, 11) is 0. The van der Waals surface area contributed by atoms with Crippen molar-refractivity contribution in [3.05, 3.63) is 0 Å². The lowest BCUT2D eigenvalue weighted by Gasteiger charge is -2.36. The summed E-state index contributed by atoms with van der Waals surface area (Å²) in [5.74, 6) is 4.13. The number of nitrogens with one attached hydrogen (secondary N) is 2. The third kappa shape index (κ3) is 3.50. The van der Waals surface area contributed by atoms with Gasteiger partial charge >= 0.3 is 0 Å². The molecule has 96 valence electrons. The largest absolute Gasteiger partial charge is 0.294 e. The summed E-state index contributed by atoms with van der Waals surface area (Å²) in [6.45, 7) is 3.80. The van der Waals surface area contributed by atoms with Gasteiger partial charge in [-0.15, -0.1) is 0 Å². The van der Waals surface area contributed by atoms with E-state index in [9.17, 15) is 14.4 Å². The summed E-state index contributed by atoms with van der Waals surface area (Å²) < 4.78 is 0. The van der Waals surface area contributed by atoms with Crippen molar-refractivity contribution in [2.75, 3.05) is 6.54 Å². The first-order chi connectivity index (χ1) is 7.95. The van der Waals surface area contributed by atoms with Crippen molar-refractivity contribution >= 4 is 17.7 Å². The van der Waals surface area contributed by atoms with E-state index in [0.29, 0.717) is 6.42 Å². The fraction of sp³-hybridized carbons (Fsp3) is 0.700. The first-order valence-corrected chi connectivity index (χ1v) is 5.54. The van der Waals surface area contributed by atoms with Crippen molar-refractivity contribution in [3.8, 4) is 0 Å². The van der Waals surface area contributed by atoms with Gasteiger partial charge in [-0.3, -0.25) is 30.0 Å². The second kappa shape index (κ2) is 5.74. The zero-order valence-electron chi connectivity index (χ0n) is 10.0. The molecule has 0 aromatic carbocycles. The number of rotatable bonds is 4. The molecule has 1 aliphatic heterocycles. The molecule has 1 saturated heterocycles. The Hall–Kier alpha value is -1.47. The molecular weight excluding hydrogens is 224 g/mol. The number of hydrazine groups is 1. The minimum absolute atomic E-state index is 0.0303. The summed E-state index contributed by atoms with van der Waals surface area (Å²) in [5.41, 5.74) is 2.05. The van der Waals surface area contributed by atoms with Gasteiger partial charge in [0.15, 0.2) is 0 Å². The van der Waals surface area contributed by atoms with Gasteiger partial charge in [0.1, 0.15) is 0 Å². The van der Waals surface area contributed by atoms with Crippen molar-refractivity contribution in [2.45, 2.75) is 38.8 Å². The van der Waals surface area contributed by atoms with Crippen LogP contribution in [-0.4, -0.2) is 41.2 Å². The zero-order chi connectivity index (χ0) is 13.0. The number of imide groups is 1. The molecule has 4 N–H and O–H groups in total. The average Bonchev–Trinajstić information content (AvgIpc) is 2.30. The van der Waals surface area contributed by atoms with Gasteiger partial charge in [-0.1, -0.05) is 0 Å². The molecule has 1 heterocycles. The highest BCUT2D eigenvalue weighted by Gasteiger charge is 2.32. The third-order valence-electron chi connectivity index (χ3n) is 2.98. The number of hydrogen-bond acceptors (Lipinski definition) is 5. The van der Waals surface area contributed by atoms with Crippen LogP contribution in [0.1, 0.15) is 26.7 Å². The molecule has 0 aromatic heterocycles. The summed E-state index contributed by atoms with van der Waals surface area (Å²) in [6, 6.07) is -0.388. The van der Waals surface area contributed by atoms with Crippen LogP contribution in [0.15, 0.2) is 0 Å². The number of nitrogens with two attached hydrogens (primary N) is 1. The second-order valence-electron chi connectivity index (χ2n) is 4.22. The number of amides is 3. The number of carbonyl (C=O) groups is 3. The molecule has 1 rings (SSSR count). The number of carbonyl (C=O) groups excluding carboxylic acids is 3. The topological polar surface area (TPSA) is 105 Å². The van der Waals surface area contributed by atoms with E-state index in [1.807, 2.05) is 12.3 Å². The fourth-order valence-corrected chi connectivity index (χ4v) is 1.85. The van der Waals surface area contributed by atoms with Crippen LogP contribution in [0.4, 0.5) is 0 Å². The smallest absolute Gasteiger partial charge is 0.243 e. The highest BCUT2D eigenvalue weighted by molar-refractivity contribution is 6.00. The van der Waals surface area contributed by atoms with Crippen molar-refractivity contribution < 1.29 is 14.4 Å². The van der Waals surface area contributed by atoms with Gasteiger partial charge in [-0.2, -0.15) is 0 Å². The maximum Gasteiger partial charge on any atom is 0.243 e. The van der Waals surface area contributed by atoms with Crippen LogP contribution in [0.25, 0.3) is 0 Å². The highest BCUT2D eigenvalue weighted by atomic mass is 16.2. The van der Waals surface area contributed by atoms with Crippen LogP contribution < -0.4 is 16.6 Å². The van der Waals surface area contributed by atoms with Crippen LogP contribution in [0, 0.1) is 0 Å². The standard InChI is InChI=1S/C10H18N4O3/c1-6(3-4-8(15)13-11)14-5-9(16)12-10(17)7(14)2/h6-7H,3-5,11H2,1-2H3,(H,13,15)(H,12,16,17). The lowest BCUT2D eigenvalue weighted by molar-refractivity contribution is -0.140. The molecule has 3 amide bonds. The number of nitrogens with zero attached hydrogens (tertiary/aromatic N) is 1. The predicted octanol–water partition coefficient (Wildman–Crippen LogP) is -1.51. The minimum atomic E-state index is -0.358. The maximum atomic E-state index is 11.4. The molecule has 7 nitrogen and oxygen atoms in total. The van der Waals surface area contributed by atoms with Crippen LogP contribution in [-0.2, 0) is 14.4 Å². The molecule has 2 unspecified atom stereocenters. The molecule has 1 aliphatic rings. The van der Waals surface area contributed by atoms with E-state index in [0.717, 1.165) is 0 Å². The maximum absolute atomic E-state index is 11.4. The minimum Gasteiger partial charge on any atom is -0.294 e. The molecule has 0 aliphatic carbocycles. The number of hydrogen-bond donors (Lipinski definition) is 3. The molecule has 1 fully saturated rings. The molecule has 0 spiro atoms. The Kier molecular flexibility index (Phi) is 4.59. The van der Waals surface area contributed by atoms with E-state index in [1.54, 1.807) is 11.8 Å². The van der Waals surface area contributed by atoms with E-state index in [4.69, 9.17) is 5.84 Å². The lowest BCUT2D eigenvalue weighted by atomic mass is 10.1. The van der Waals surface area contributed by atoms with Gasteiger partial charge in [-0.25, -0.2) is 5.84 Å². The Morgan fingerprint density at radius 1 is 1.65 bits per heavy atom. The van der Waals surface area contributed by atoms with Crippen molar-refractivity contribution in [1.29, 1.82) is 0 Å². The molecular formula is C10H18N4O3. The molecule has 0 radical (unpaired) electrons. The van der Waals surface area contributed by atoms with Crippen molar-refractivity contribution in [2.24, 2.45) is 5.84 Å². The van der Waals surface area contributed by atoms with Gasteiger partial charge in [0.25, 0.3) is 0 Å². The van der Waals surface area contributed by atoms with Crippen LogP contribution in [0.2, 0.25) is 0 Å². The fourth-order valence-electron chi connectivity index (χ4n) is 1.85. The first kappa shape index (κ1) is 13.6. The molecule has 2 atom stereocenters. The van der Waals surface area contributed by atoms with E-state index >= 15 is 0 Å². The molecule has 7 heteroatoms. The Morgan fingerprint density at radius 3 is 2.88 bits per heavy atom. The lowest BCUT2D eigenvalue weighted by Crippen LogP contribution is -2.59. The highest BCUT2D eigenvalue weighted by Crippen LogP contribution is 2.13. The summed E-state index contributed by atoms with van der Waals surface area (Å²) in [5, 5.41) is 2.27. The van der Waals surface area contributed by atoms with Gasteiger partial charge < -0.3 is 0 Å². The average molecular weight is 242 g/mol. The Labute approximate surface area is 99.7 Å². The summed E-state index contributed by atoms with van der Waals surface area (Å²) in [4.78, 5) is 35.5. The van der Waals surface area contributed by atoms with E-state index in [2.05, 4.69) is 5.32 Å². The normalized spacial score (nSPS) is 23.1. The van der Waals surface area contributed by atoms with Crippen LogP contribution in [0.5, 0.6) is 0 Å². The molecule has 17 heavy (non-hydrogen) atoms. The number of piperazine rings is 1. The third-order valence-corrected chi connectivity index (χ3v) is 2.98. The van der Waals surface area contributed by atoms with Crippen molar-refractivity contribution in [1.82, 2.24) is 15.6 Å². The van der Waals surface area contributed by atoms with Crippen molar-refractivity contribution in [3.63, 3.8) is 0 Å². The zero-order valence-corrected chi connectivity index (χ0v) is 10.0. The SMILES string of the molecule is CC(CCC(=O)NN)N1CC(=O)NC(=O)C1C. The van der Waals surface area contributed by atoms with Crippen LogP contribution >= 0.6 is 0 Å². The predicted molar refractivity (Wildman–Crippen MR) is 60.3 cm³/mol. The summed E-state index contributed by atoms with van der Waals surface area (Å²) >= 11 is 0. The van der Waals surface area contributed by atoms with Crippen LogP contribution in [0.3, 0.4) is 0 Å². The quantitative estimate of drug-likeness (QED) is 0.241. The van der Waals surface area contributed by atoms with Gasteiger partial charge in [0, 0.05) is 12.5 Å². The molecule has 0 bridgehead atoms. The van der Waals surface area contributed by atoms with E-state index < -0.39 is 0 Å². The van der Waals surface area contributed by atoms with Gasteiger partial charge in [-0.05, 0) is 20.3 Å². The monoisotopic (exact) mass is 242 g/mol. The Morgan fingerprint density at radius 2 is 2.29 bits per heavy atom.